The molecule has 216 valence electrons. The molecular formula is C40H35N2OP. The van der Waals surface area contributed by atoms with Crippen LogP contribution in [0.4, 0.5) is 0 Å². The maximum Gasteiger partial charge on any atom is 0.137 e. The van der Waals surface area contributed by atoms with E-state index in [-0.39, 0.29) is 11.7 Å². The van der Waals surface area contributed by atoms with Gasteiger partial charge in [-0.3, -0.25) is 4.57 Å². The minimum atomic E-state index is -2.72. The molecular weight excluding hydrogens is 555 g/mol. The van der Waals surface area contributed by atoms with Crippen LogP contribution in [0.25, 0.3) is 27.6 Å². The first-order chi connectivity index (χ1) is 22.3. The summed E-state index contributed by atoms with van der Waals surface area (Å²) in [6.45, 7) is 3.92. The van der Waals surface area contributed by atoms with E-state index in [1.165, 1.54) is 5.56 Å². The predicted molar refractivity (Wildman–Crippen MR) is 190 cm³/mol. The number of aromatic nitrogens is 2. The topological polar surface area (TPSA) is 27.1 Å². The second-order valence-electron chi connectivity index (χ2n) is 12.1. The van der Waals surface area contributed by atoms with Crippen LogP contribution in [0.5, 0.6) is 11.5 Å². The number of fused-ring (bicyclic) bond motifs is 3. The van der Waals surface area contributed by atoms with Crippen molar-refractivity contribution in [2.45, 2.75) is 26.2 Å². The van der Waals surface area contributed by atoms with Crippen molar-refractivity contribution in [2.24, 2.45) is 0 Å². The van der Waals surface area contributed by atoms with Crippen molar-refractivity contribution in [2.75, 3.05) is 0 Å². The summed E-state index contributed by atoms with van der Waals surface area (Å²) in [4.78, 5) is 4.81. The van der Waals surface area contributed by atoms with Crippen molar-refractivity contribution in [3.63, 3.8) is 0 Å². The molecule has 0 unspecified atom stereocenters. The monoisotopic (exact) mass is 592 g/mol. The van der Waals surface area contributed by atoms with Gasteiger partial charge in [0.25, 0.3) is 0 Å². The highest BCUT2D eigenvalue weighted by molar-refractivity contribution is 7.93. The Bertz CT molecular complexity index is 2210. The lowest BCUT2D eigenvalue weighted by molar-refractivity contribution is 0.484. The maximum atomic E-state index is 8.87. The molecule has 0 amide bonds. The Labute approximate surface area is 262 Å². The summed E-state index contributed by atoms with van der Waals surface area (Å²) in [7, 11) is 0. The SMILES string of the molecule is [2H]C([2H])=P(c1ccccc1)(c1ccccc1)c1cccc(Oc2ccc3c4ccccc4n(-c4cc(C(C)(C)C)ccn4)c3c2)c1. The molecule has 5 aromatic carbocycles. The van der Waals surface area contributed by atoms with E-state index in [2.05, 4.69) is 73.9 Å². The molecule has 0 aliphatic heterocycles. The Hall–Kier alpha value is -4.85. The van der Waals surface area contributed by atoms with Crippen molar-refractivity contribution in [1.82, 2.24) is 9.55 Å². The minimum Gasteiger partial charge on any atom is -0.457 e. The van der Waals surface area contributed by atoms with Crippen LogP contribution in [-0.2, 0) is 5.41 Å². The van der Waals surface area contributed by atoms with Gasteiger partial charge < -0.3 is 4.74 Å². The van der Waals surface area contributed by atoms with E-state index >= 15 is 0 Å². The van der Waals surface area contributed by atoms with Crippen molar-refractivity contribution in [1.29, 1.82) is 0 Å². The van der Waals surface area contributed by atoms with Crippen LogP contribution in [-0.4, -0.2) is 15.8 Å². The Morgan fingerprint density at radius 2 is 1.27 bits per heavy atom. The Morgan fingerprint density at radius 3 is 1.98 bits per heavy atom. The van der Waals surface area contributed by atoms with Gasteiger partial charge in [0.1, 0.15) is 17.3 Å². The van der Waals surface area contributed by atoms with Gasteiger partial charge in [-0.2, -0.15) is 0 Å². The summed E-state index contributed by atoms with van der Waals surface area (Å²) < 4.78 is 26.5. The van der Waals surface area contributed by atoms with E-state index in [1.807, 2.05) is 97.2 Å². The number of benzene rings is 5. The van der Waals surface area contributed by atoms with Gasteiger partial charge in [0.05, 0.1) is 13.8 Å². The second-order valence-corrected chi connectivity index (χ2v) is 15.0. The number of pyridine rings is 1. The quantitative estimate of drug-likeness (QED) is 0.180. The molecule has 0 radical (unpaired) electrons. The lowest BCUT2D eigenvalue weighted by atomic mass is 9.88. The third-order valence-corrected chi connectivity index (χ3v) is 11.4. The number of hydrogen-bond donors (Lipinski definition) is 0. The lowest BCUT2D eigenvalue weighted by Gasteiger charge is -2.27. The van der Waals surface area contributed by atoms with E-state index < -0.39 is 6.89 Å². The highest BCUT2D eigenvalue weighted by atomic mass is 31.2. The fourth-order valence-electron chi connectivity index (χ4n) is 5.91. The van der Waals surface area contributed by atoms with E-state index in [0.29, 0.717) is 11.5 Å². The number of rotatable bonds is 6. The Kier molecular flexibility index (Phi) is 6.41. The standard InChI is InChI=1S/C40H35N2OP/c1-40(2,3)29-24-25-41-39(26-29)42-37-21-12-11-20-35(37)36-23-22-31(28-38(36)42)43-30-14-13-19-34(27-30)44(4,32-15-7-5-8-16-32)33-17-9-6-10-18-33/h5-28H,4H2,1-3H3/i4D2. The number of para-hydroxylation sites is 1. The van der Waals surface area contributed by atoms with Gasteiger partial charge in [-0.25, -0.2) is 4.98 Å². The van der Waals surface area contributed by atoms with Crippen molar-refractivity contribution in [3.8, 4) is 17.3 Å². The van der Waals surface area contributed by atoms with Crippen LogP contribution in [0, 0.1) is 0 Å². The molecule has 3 nitrogen and oxygen atoms in total. The fourth-order valence-corrected chi connectivity index (χ4v) is 8.67. The van der Waals surface area contributed by atoms with Gasteiger partial charge >= 0.3 is 0 Å². The van der Waals surface area contributed by atoms with Crippen molar-refractivity contribution < 1.29 is 7.48 Å². The zero-order chi connectivity index (χ0) is 31.9. The zero-order valence-electron chi connectivity index (χ0n) is 27.1. The van der Waals surface area contributed by atoms with E-state index in [1.54, 1.807) is 0 Å². The van der Waals surface area contributed by atoms with E-state index in [0.717, 1.165) is 43.5 Å². The van der Waals surface area contributed by atoms with Gasteiger partial charge in [-0.1, -0.05) is 118 Å². The predicted octanol–water partition coefficient (Wildman–Crippen LogP) is 8.99. The van der Waals surface area contributed by atoms with Gasteiger partial charge in [-0.15, -0.1) is 0 Å². The van der Waals surface area contributed by atoms with Gasteiger partial charge in [0.2, 0.25) is 0 Å². The summed E-state index contributed by atoms with van der Waals surface area (Å²) in [6.07, 6.45) is 1.79. The van der Waals surface area contributed by atoms with E-state index in [4.69, 9.17) is 12.5 Å². The molecule has 7 rings (SSSR count). The number of ether oxygens (including phenoxy) is 1. The molecule has 0 saturated carbocycles. The largest absolute Gasteiger partial charge is 0.457 e. The van der Waals surface area contributed by atoms with Crippen LogP contribution >= 0.6 is 6.89 Å². The Balaban J connectivity index is 1.37. The van der Waals surface area contributed by atoms with Crippen LogP contribution in [0.1, 0.15) is 29.1 Å². The van der Waals surface area contributed by atoms with E-state index in [9.17, 15) is 0 Å². The first kappa shape index (κ1) is 25.6. The molecule has 0 spiro atoms. The fraction of sp³-hybridized carbons (Fsp3) is 0.100. The average molecular weight is 593 g/mol. The molecule has 0 saturated heterocycles. The normalized spacial score (nSPS) is 12.6. The summed E-state index contributed by atoms with van der Waals surface area (Å²) in [5.41, 5.74) is 3.31. The van der Waals surface area contributed by atoms with Crippen molar-refractivity contribution in [3.05, 3.63) is 151 Å². The van der Waals surface area contributed by atoms with Gasteiger partial charge in [0.15, 0.2) is 0 Å². The van der Waals surface area contributed by atoms with Crippen molar-refractivity contribution >= 4 is 50.9 Å². The molecule has 0 fully saturated rings. The first-order valence-corrected chi connectivity index (χ1v) is 16.7. The summed E-state index contributed by atoms with van der Waals surface area (Å²) in [6, 6.07) is 46.8. The smallest absolute Gasteiger partial charge is 0.137 e. The lowest BCUT2D eigenvalue weighted by Crippen LogP contribution is -2.25. The van der Waals surface area contributed by atoms with Crippen LogP contribution in [0.3, 0.4) is 0 Å². The molecule has 0 aliphatic carbocycles. The van der Waals surface area contributed by atoms with Gasteiger partial charge in [0, 0.05) is 23.0 Å². The number of hydrogen-bond acceptors (Lipinski definition) is 2. The maximum absolute atomic E-state index is 8.87. The molecule has 7 aromatic rings. The van der Waals surface area contributed by atoms with Crippen LogP contribution in [0.2, 0.25) is 0 Å². The summed E-state index contributed by atoms with van der Waals surface area (Å²) in [5, 5.41) is 5.12. The zero-order valence-corrected chi connectivity index (χ0v) is 26.0. The molecule has 0 N–H and O–H groups in total. The Morgan fingerprint density at radius 1 is 0.636 bits per heavy atom. The summed E-state index contributed by atoms with van der Waals surface area (Å²) >= 11 is 0. The van der Waals surface area contributed by atoms with Crippen LogP contribution < -0.4 is 20.7 Å². The first-order valence-electron chi connectivity index (χ1n) is 15.9. The minimum absolute atomic E-state index is 0.0114. The third-order valence-electron chi connectivity index (χ3n) is 8.21. The molecule has 0 atom stereocenters. The molecule has 2 heterocycles. The number of nitrogens with zero attached hydrogens (tertiary/aromatic N) is 2. The molecule has 0 aliphatic rings. The third kappa shape index (κ3) is 4.94. The highest BCUT2D eigenvalue weighted by Crippen LogP contribution is 2.43. The molecule has 4 heteroatoms. The second kappa shape index (κ2) is 11.0. The van der Waals surface area contributed by atoms with Crippen LogP contribution in [0.15, 0.2) is 146 Å². The highest BCUT2D eigenvalue weighted by Gasteiger charge is 2.23. The molecule has 44 heavy (non-hydrogen) atoms. The molecule has 2 aromatic heterocycles. The average Bonchev–Trinajstić information content (AvgIpc) is 3.39. The summed E-state index contributed by atoms with van der Waals surface area (Å²) in [5.74, 6) is 2.22. The van der Waals surface area contributed by atoms with Gasteiger partial charge in [-0.05, 0) is 76.2 Å². The molecule has 0 bridgehead atoms.